The number of ether oxygens (including phenoxy) is 2. The minimum atomic E-state index is -0.758. The van der Waals surface area contributed by atoms with Crippen LogP contribution in [-0.4, -0.2) is 67.1 Å². The zero-order chi connectivity index (χ0) is 19.9. The monoisotopic (exact) mass is 371 g/mol. The number of Topliss-reactive ketones (excluding diaryl/α,β-unsaturated/α-hetero) is 1. The zero-order valence-electron chi connectivity index (χ0n) is 16.0. The van der Waals surface area contributed by atoms with Crippen LogP contribution in [-0.2, 0) is 19.1 Å². The Balaban J connectivity index is 3.47. The Bertz CT molecular complexity index is 421. The zero-order valence-corrected chi connectivity index (χ0v) is 16.0. The van der Waals surface area contributed by atoms with Gasteiger partial charge in [-0.15, -0.1) is 0 Å². The van der Waals surface area contributed by atoms with Gasteiger partial charge in [-0.3, -0.25) is 9.59 Å². The van der Waals surface area contributed by atoms with Gasteiger partial charge in [-0.1, -0.05) is 13.2 Å². The van der Waals surface area contributed by atoms with Crippen molar-refractivity contribution in [1.82, 2.24) is 5.32 Å². The van der Waals surface area contributed by atoms with Crippen LogP contribution in [0.2, 0.25) is 0 Å². The van der Waals surface area contributed by atoms with Crippen molar-refractivity contribution in [3.05, 3.63) is 24.3 Å². The van der Waals surface area contributed by atoms with Crippen LogP contribution in [0, 0.1) is 0 Å². The standard InChI is InChI=1S/C19H33NO6/c1-14(2)18(23)8-7-16(21)12-25-9-5-6-10-26-13-17(22)11-20-19(24)15(3)4/h16-17,21-22H,1,3,5-13H2,2,4H3,(H,20,24). The Morgan fingerprint density at radius 3 is 2.00 bits per heavy atom. The molecular formula is C19H33NO6. The molecule has 0 rings (SSSR count). The van der Waals surface area contributed by atoms with Crippen molar-refractivity contribution in [2.45, 2.75) is 51.7 Å². The van der Waals surface area contributed by atoms with E-state index in [2.05, 4.69) is 18.5 Å². The highest BCUT2D eigenvalue weighted by Gasteiger charge is 2.09. The van der Waals surface area contributed by atoms with Crippen LogP contribution in [0.5, 0.6) is 0 Å². The van der Waals surface area contributed by atoms with Crippen LogP contribution in [0.3, 0.4) is 0 Å². The van der Waals surface area contributed by atoms with Crippen LogP contribution in [0.25, 0.3) is 0 Å². The molecule has 2 atom stereocenters. The highest BCUT2D eigenvalue weighted by molar-refractivity contribution is 5.94. The molecule has 0 aromatic heterocycles. The van der Waals surface area contributed by atoms with Gasteiger partial charge >= 0.3 is 0 Å². The minimum absolute atomic E-state index is 0.0393. The highest BCUT2D eigenvalue weighted by atomic mass is 16.5. The fourth-order valence-corrected chi connectivity index (χ4v) is 1.86. The lowest BCUT2D eigenvalue weighted by atomic mass is 10.1. The molecule has 0 saturated heterocycles. The van der Waals surface area contributed by atoms with Crippen molar-refractivity contribution in [3.63, 3.8) is 0 Å². The Morgan fingerprint density at radius 2 is 1.50 bits per heavy atom. The van der Waals surface area contributed by atoms with E-state index in [4.69, 9.17) is 9.47 Å². The summed E-state index contributed by atoms with van der Waals surface area (Å²) in [5.41, 5.74) is 0.895. The Morgan fingerprint density at radius 1 is 0.962 bits per heavy atom. The van der Waals surface area contributed by atoms with Crippen molar-refractivity contribution < 1.29 is 29.3 Å². The Hall–Kier alpha value is -1.54. The van der Waals surface area contributed by atoms with Gasteiger partial charge in [-0.25, -0.2) is 0 Å². The van der Waals surface area contributed by atoms with E-state index in [1.165, 1.54) is 0 Å². The van der Waals surface area contributed by atoms with E-state index < -0.39 is 12.2 Å². The molecule has 0 aliphatic rings. The normalized spacial score (nSPS) is 13.1. The summed E-state index contributed by atoms with van der Waals surface area (Å²) in [7, 11) is 0. The molecule has 3 N–H and O–H groups in total. The van der Waals surface area contributed by atoms with Crippen LogP contribution < -0.4 is 5.32 Å². The van der Waals surface area contributed by atoms with Crippen LogP contribution in [0.1, 0.15) is 39.5 Å². The molecule has 0 aromatic rings. The predicted molar refractivity (Wildman–Crippen MR) is 99.8 cm³/mol. The first-order valence-corrected chi connectivity index (χ1v) is 8.88. The van der Waals surface area contributed by atoms with E-state index in [1.807, 2.05) is 0 Å². The predicted octanol–water partition coefficient (Wildman–Crippen LogP) is 1.14. The average Bonchev–Trinajstić information content (AvgIpc) is 2.59. The number of nitrogens with one attached hydrogen (secondary N) is 1. The number of ketones is 1. The maximum absolute atomic E-state index is 11.4. The van der Waals surface area contributed by atoms with E-state index in [-0.39, 0.29) is 37.9 Å². The van der Waals surface area contributed by atoms with Gasteiger partial charge in [0.25, 0.3) is 0 Å². The van der Waals surface area contributed by atoms with E-state index >= 15 is 0 Å². The lowest BCUT2D eigenvalue weighted by Gasteiger charge is -2.13. The summed E-state index contributed by atoms with van der Waals surface area (Å²) in [6, 6.07) is 0. The number of aliphatic hydroxyl groups is 2. The van der Waals surface area contributed by atoms with E-state index in [0.29, 0.717) is 30.8 Å². The summed E-state index contributed by atoms with van der Waals surface area (Å²) in [4.78, 5) is 22.6. The molecule has 2 unspecified atom stereocenters. The Labute approximate surface area is 156 Å². The summed E-state index contributed by atoms with van der Waals surface area (Å²) in [6.45, 7) is 11.8. The summed E-state index contributed by atoms with van der Waals surface area (Å²) in [6.07, 6.45) is 0.762. The van der Waals surface area contributed by atoms with E-state index in [9.17, 15) is 19.8 Å². The number of aliphatic hydroxyl groups excluding tert-OH is 2. The first kappa shape index (κ1) is 24.5. The lowest BCUT2D eigenvalue weighted by molar-refractivity contribution is -0.118. The molecule has 0 bridgehead atoms. The minimum Gasteiger partial charge on any atom is -0.391 e. The van der Waals surface area contributed by atoms with Gasteiger partial charge in [0.05, 0.1) is 25.4 Å². The van der Waals surface area contributed by atoms with E-state index in [0.717, 1.165) is 12.8 Å². The number of carbonyl (C=O) groups excluding carboxylic acids is 2. The molecule has 0 spiro atoms. The van der Waals surface area contributed by atoms with Gasteiger partial charge in [0.15, 0.2) is 5.78 Å². The van der Waals surface area contributed by atoms with Crippen molar-refractivity contribution >= 4 is 11.7 Å². The third kappa shape index (κ3) is 13.7. The molecule has 0 aliphatic carbocycles. The van der Waals surface area contributed by atoms with Crippen molar-refractivity contribution in [2.24, 2.45) is 0 Å². The maximum atomic E-state index is 11.4. The van der Waals surface area contributed by atoms with Crippen molar-refractivity contribution in [3.8, 4) is 0 Å². The highest BCUT2D eigenvalue weighted by Crippen LogP contribution is 2.04. The molecule has 7 heteroatoms. The molecule has 0 heterocycles. The summed E-state index contributed by atoms with van der Waals surface area (Å²) in [5, 5.41) is 21.9. The number of unbranched alkanes of at least 4 members (excludes halogenated alkanes) is 1. The Kier molecular flexibility index (Phi) is 13.7. The number of hydrogen-bond donors (Lipinski definition) is 3. The van der Waals surface area contributed by atoms with Gasteiger partial charge < -0.3 is 25.0 Å². The second kappa shape index (κ2) is 14.6. The molecule has 0 saturated carbocycles. The van der Waals surface area contributed by atoms with Gasteiger partial charge in [0.2, 0.25) is 5.91 Å². The lowest BCUT2D eigenvalue weighted by Crippen LogP contribution is -2.34. The quantitative estimate of drug-likeness (QED) is 0.278. The summed E-state index contributed by atoms with van der Waals surface area (Å²) >= 11 is 0. The number of rotatable bonds is 16. The smallest absolute Gasteiger partial charge is 0.246 e. The van der Waals surface area contributed by atoms with Gasteiger partial charge in [-0.2, -0.15) is 0 Å². The fourth-order valence-electron chi connectivity index (χ4n) is 1.86. The number of amides is 1. The molecule has 0 aromatic carbocycles. The first-order chi connectivity index (χ1) is 12.2. The number of carbonyl (C=O) groups is 2. The van der Waals surface area contributed by atoms with Gasteiger partial charge in [0, 0.05) is 31.8 Å². The second-order valence-corrected chi connectivity index (χ2v) is 6.40. The average molecular weight is 371 g/mol. The second-order valence-electron chi connectivity index (χ2n) is 6.40. The van der Waals surface area contributed by atoms with Crippen molar-refractivity contribution in [1.29, 1.82) is 0 Å². The fraction of sp³-hybridized carbons (Fsp3) is 0.684. The maximum Gasteiger partial charge on any atom is 0.246 e. The van der Waals surface area contributed by atoms with Crippen LogP contribution in [0.4, 0.5) is 0 Å². The molecule has 0 radical (unpaired) electrons. The van der Waals surface area contributed by atoms with Gasteiger partial charge in [-0.05, 0) is 38.7 Å². The molecule has 7 nitrogen and oxygen atoms in total. The molecule has 26 heavy (non-hydrogen) atoms. The van der Waals surface area contributed by atoms with Gasteiger partial charge in [0.1, 0.15) is 0 Å². The molecule has 150 valence electrons. The molecule has 1 amide bonds. The molecular weight excluding hydrogens is 338 g/mol. The van der Waals surface area contributed by atoms with Crippen LogP contribution in [0.15, 0.2) is 24.3 Å². The number of hydrogen-bond acceptors (Lipinski definition) is 6. The van der Waals surface area contributed by atoms with Crippen LogP contribution >= 0.6 is 0 Å². The SMILES string of the molecule is C=C(C)C(=O)CCC(O)COCCCCOCC(O)CNC(=O)C(=C)C. The third-order valence-electron chi connectivity index (χ3n) is 3.51. The molecule has 0 aliphatic heterocycles. The van der Waals surface area contributed by atoms with Crippen molar-refractivity contribution in [2.75, 3.05) is 33.0 Å². The number of allylic oxidation sites excluding steroid dienone is 1. The van der Waals surface area contributed by atoms with E-state index in [1.54, 1.807) is 13.8 Å². The third-order valence-corrected chi connectivity index (χ3v) is 3.51. The summed E-state index contributed by atoms with van der Waals surface area (Å²) in [5.74, 6) is -0.324. The summed E-state index contributed by atoms with van der Waals surface area (Å²) < 4.78 is 10.7. The first-order valence-electron chi connectivity index (χ1n) is 8.88. The molecule has 0 fully saturated rings. The largest absolute Gasteiger partial charge is 0.391 e. The topological polar surface area (TPSA) is 105 Å².